The second-order valence-electron chi connectivity index (χ2n) is 9.85. The summed E-state index contributed by atoms with van der Waals surface area (Å²) in [7, 11) is 1.66. The number of methoxy groups -OCH3 is 1. The van der Waals surface area contributed by atoms with Crippen molar-refractivity contribution in [3.05, 3.63) is 94.4 Å². The number of aromatic nitrogens is 3. The molecule has 2 aromatic heterocycles. The van der Waals surface area contributed by atoms with E-state index >= 15 is 0 Å². The van der Waals surface area contributed by atoms with Crippen molar-refractivity contribution in [2.24, 2.45) is 0 Å². The highest BCUT2D eigenvalue weighted by Gasteiger charge is 2.29. The van der Waals surface area contributed by atoms with Crippen molar-refractivity contribution in [3.8, 4) is 28.4 Å². The number of rotatable bonds is 9. The van der Waals surface area contributed by atoms with E-state index < -0.39 is 0 Å². The van der Waals surface area contributed by atoms with Crippen LogP contribution >= 0.6 is 28.1 Å². The molecule has 3 heterocycles. The maximum Gasteiger partial charge on any atom is 0.169 e. The van der Waals surface area contributed by atoms with Crippen LogP contribution in [-0.2, 0) is 19.6 Å². The lowest BCUT2D eigenvalue weighted by Gasteiger charge is -2.13. The van der Waals surface area contributed by atoms with Gasteiger partial charge in [-0.25, -0.2) is 4.52 Å². The largest absolute Gasteiger partial charge is 0.497 e. The van der Waals surface area contributed by atoms with Crippen LogP contribution in [0.5, 0.6) is 17.2 Å². The zero-order chi connectivity index (χ0) is 28.3. The minimum atomic E-state index is 0.360. The van der Waals surface area contributed by atoms with Gasteiger partial charge in [0.15, 0.2) is 5.82 Å². The van der Waals surface area contributed by atoms with Crippen LogP contribution in [-0.4, -0.2) is 32.9 Å². The molecule has 0 amide bonds. The van der Waals surface area contributed by atoms with Gasteiger partial charge in [0.25, 0.3) is 0 Å². The number of halogens is 1. The Labute approximate surface area is 253 Å². The molecule has 0 unspecified atom stereocenters. The van der Waals surface area contributed by atoms with Gasteiger partial charge in [0.2, 0.25) is 0 Å². The smallest absolute Gasteiger partial charge is 0.169 e. The Bertz CT molecular complexity index is 1680. The average molecular weight is 632 g/mol. The SMILES string of the molecule is CCOc1ccc(-c2c3c4n(c(COc5ccc(Br)cc5)nn4c2C(=S)Nc2ccc(OC)cc2)CCCC3)cc1. The molecule has 0 saturated carbocycles. The van der Waals surface area contributed by atoms with Crippen LogP contribution in [0.3, 0.4) is 0 Å². The third-order valence-corrected chi connectivity index (χ3v) is 8.08. The Balaban J connectivity index is 1.45. The third-order valence-electron chi connectivity index (χ3n) is 7.26. The molecule has 210 valence electrons. The molecule has 7 nitrogen and oxygen atoms in total. The van der Waals surface area contributed by atoms with Crippen molar-refractivity contribution in [1.82, 2.24) is 14.2 Å². The van der Waals surface area contributed by atoms with Crippen LogP contribution in [0.1, 0.15) is 36.8 Å². The first kappa shape index (κ1) is 27.4. The molecule has 1 N–H and O–H groups in total. The van der Waals surface area contributed by atoms with Crippen molar-refractivity contribution < 1.29 is 14.2 Å². The number of hydrogen-bond acceptors (Lipinski definition) is 5. The molecule has 0 spiro atoms. The predicted molar refractivity (Wildman–Crippen MR) is 170 cm³/mol. The fourth-order valence-corrected chi connectivity index (χ4v) is 5.93. The van der Waals surface area contributed by atoms with E-state index in [4.69, 9.17) is 31.5 Å². The number of anilines is 1. The molecule has 1 aliphatic heterocycles. The molecule has 3 aromatic carbocycles. The standard InChI is InChI=1S/C32H31BrN4O3S/c1-3-39-25-13-7-21(8-14-25)29-27-6-4-5-19-36-28(20-40-26-15-9-22(33)10-16-26)35-37(32(27)36)30(29)31(41)34-23-11-17-24(38-2)18-12-23/h7-18H,3-6,19-20H2,1-2H3,(H,34,41). The fourth-order valence-electron chi connectivity index (χ4n) is 5.36. The predicted octanol–water partition coefficient (Wildman–Crippen LogP) is 7.68. The van der Waals surface area contributed by atoms with E-state index in [0.717, 1.165) is 81.5 Å². The van der Waals surface area contributed by atoms with Crippen LogP contribution < -0.4 is 19.5 Å². The van der Waals surface area contributed by atoms with Gasteiger partial charge in [-0.3, -0.25) is 0 Å². The average Bonchev–Trinajstić information content (AvgIpc) is 3.39. The first-order valence-corrected chi connectivity index (χ1v) is 15.0. The lowest BCUT2D eigenvalue weighted by atomic mass is 9.98. The minimum absolute atomic E-state index is 0.360. The lowest BCUT2D eigenvalue weighted by Crippen LogP contribution is -2.15. The Morgan fingerprint density at radius 2 is 1.61 bits per heavy atom. The van der Waals surface area contributed by atoms with E-state index in [2.05, 4.69) is 37.9 Å². The summed E-state index contributed by atoms with van der Waals surface area (Å²) >= 11 is 9.58. The molecule has 41 heavy (non-hydrogen) atoms. The molecule has 9 heteroatoms. The summed E-state index contributed by atoms with van der Waals surface area (Å²) < 4.78 is 22.6. The van der Waals surface area contributed by atoms with Gasteiger partial charge in [-0.05, 0) is 92.4 Å². The van der Waals surface area contributed by atoms with E-state index in [-0.39, 0.29) is 0 Å². The highest BCUT2D eigenvalue weighted by atomic mass is 79.9. The quantitative estimate of drug-likeness (QED) is 0.169. The third kappa shape index (κ3) is 5.56. The molecule has 0 atom stereocenters. The molecule has 0 bridgehead atoms. The summed E-state index contributed by atoms with van der Waals surface area (Å²) in [6, 6.07) is 23.9. The van der Waals surface area contributed by atoms with Crippen molar-refractivity contribution in [3.63, 3.8) is 0 Å². The summed E-state index contributed by atoms with van der Waals surface area (Å²) in [5, 5.41) is 8.57. The Morgan fingerprint density at radius 3 is 2.32 bits per heavy atom. The highest BCUT2D eigenvalue weighted by molar-refractivity contribution is 9.10. The van der Waals surface area contributed by atoms with E-state index in [1.807, 2.05) is 72.1 Å². The van der Waals surface area contributed by atoms with Gasteiger partial charge in [-0.2, -0.15) is 0 Å². The number of hydrogen-bond donors (Lipinski definition) is 1. The van der Waals surface area contributed by atoms with Crippen molar-refractivity contribution in [2.75, 3.05) is 19.0 Å². The van der Waals surface area contributed by atoms with Crippen LogP contribution in [0.2, 0.25) is 0 Å². The summed E-state index contributed by atoms with van der Waals surface area (Å²) in [6.45, 7) is 3.85. The molecule has 1 aliphatic rings. The molecule has 0 saturated heterocycles. The molecular weight excluding hydrogens is 600 g/mol. The van der Waals surface area contributed by atoms with E-state index in [1.165, 1.54) is 5.56 Å². The zero-order valence-electron chi connectivity index (χ0n) is 23.0. The van der Waals surface area contributed by atoms with Gasteiger partial charge >= 0.3 is 0 Å². The fraction of sp³-hybridized carbons (Fsp3) is 0.250. The maximum atomic E-state index is 6.17. The van der Waals surface area contributed by atoms with Gasteiger partial charge < -0.3 is 24.1 Å². The van der Waals surface area contributed by atoms with Crippen molar-refractivity contribution in [1.29, 1.82) is 0 Å². The van der Waals surface area contributed by atoms with Gasteiger partial charge in [-0.1, -0.05) is 40.3 Å². The van der Waals surface area contributed by atoms with Crippen molar-refractivity contribution in [2.45, 2.75) is 39.3 Å². The van der Waals surface area contributed by atoms with Gasteiger partial charge in [0, 0.05) is 27.8 Å². The molecule has 5 aromatic rings. The molecular formula is C32H31BrN4O3S. The van der Waals surface area contributed by atoms with E-state index in [1.54, 1.807) is 7.11 Å². The van der Waals surface area contributed by atoms with Crippen LogP contribution in [0, 0.1) is 0 Å². The minimum Gasteiger partial charge on any atom is -0.497 e. The van der Waals surface area contributed by atoms with Crippen LogP contribution in [0.25, 0.3) is 16.8 Å². The second-order valence-corrected chi connectivity index (χ2v) is 11.2. The normalized spacial score (nSPS) is 12.7. The molecule has 0 aliphatic carbocycles. The zero-order valence-corrected chi connectivity index (χ0v) is 25.4. The first-order chi connectivity index (χ1) is 20.1. The Kier molecular flexibility index (Phi) is 7.98. The monoisotopic (exact) mass is 630 g/mol. The summed E-state index contributed by atoms with van der Waals surface area (Å²) in [5.74, 6) is 3.31. The Hall–Kier alpha value is -3.82. The Morgan fingerprint density at radius 1 is 0.927 bits per heavy atom. The summed E-state index contributed by atoms with van der Waals surface area (Å²) in [5.41, 5.74) is 6.28. The van der Waals surface area contributed by atoms with Gasteiger partial charge in [0.1, 0.15) is 40.2 Å². The number of nitrogens with one attached hydrogen (secondary N) is 1. The number of aryl methyl sites for hydroxylation is 2. The van der Waals surface area contributed by atoms with Gasteiger partial charge in [-0.15, -0.1) is 5.10 Å². The molecule has 6 rings (SSSR count). The molecule has 0 fully saturated rings. The number of nitrogens with zero attached hydrogens (tertiary/aromatic N) is 3. The molecule has 0 radical (unpaired) electrons. The maximum absolute atomic E-state index is 6.17. The number of benzene rings is 3. The van der Waals surface area contributed by atoms with Crippen molar-refractivity contribution >= 4 is 44.5 Å². The number of thiocarbonyl (C=S) groups is 1. The van der Waals surface area contributed by atoms with Gasteiger partial charge in [0.05, 0.1) is 13.7 Å². The first-order valence-electron chi connectivity index (χ1n) is 13.8. The lowest BCUT2D eigenvalue weighted by molar-refractivity contribution is 0.288. The summed E-state index contributed by atoms with van der Waals surface area (Å²) in [4.78, 5) is 0.603. The second kappa shape index (κ2) is 12.0. The van der Waals surface area contributed by atoms with E-state index in [9.17, 15) is 0 Å². The van der Waals surface area contributed by atoms with Crippen LogP contribution in [0.4, 0.5) is 5.69 Å². The number of ether oxygens (including phenoxy) is 3. The summed E-state index contributed by atoms with van der Waals surface area (Å²) in [6.07, 6.45) is 3.09. The van der Waals surface area contributed by atoms with Crippen LogP contribution in [0.15, 0.2) is 77.3 Å². The van der Waals surface area contributed by atoms with E-state index in [0.29, 0.717) is 18.2 Å². The highest BCUT2D eigenvalue weighted by Crippen LogP contribution is 2.38. The topological polar surface area (TPSA) is 62.0 Å².